The quantitative estimate of drug-likeness (QED) is 0.706. The molecule has 1 atom stereocenters. The summed E-state index contributed by atoms with van der Waals surface area (Å²) in [5, 5.41) is 4.00. The molecule has 1 aromatic carbocycles. The van der Waals surface area contributed by atoms with Crippen LogP contribution >= 0.6 is 0 Å². The van der Waals surface area contributed by atoms with Gasteiger partial charge in [-0.2, -0.15) is 0 Å². The number of hydrogen-bond donors (Lipinski definition) is 2. The first-order chi connectivity index (χ1) is 12.8. The number of carbonyl (C=O) groups is 1. The van der Waals surface area contributed by atoms with Crippen LogP contribution in [0.15, 0.2) is 61.6 Å². The Bertz CT molecular complexity index is 988. The second-order valence-electron chi connectivity index (χ2n) is 6.42. The fourth-order valence-electron chi connectivity index (χ4n) is 3.53. The van der Waals surface area contributed by atoms with Crippen LogP contribution in [0.3, 0.4) is 0 Å². The van der Waals surface area contributed by atoms with E-state index in [0.29, 0.717) is 0 Å². The number of allylic oxidation sites excluding steroid dienone is 1. The average molecular weight is 344 g/mol. The van der Waals surface area contributed by atoms with Crippen molar-refractivity contribution in [2.75, 3.05) is 0 Å². The molecular formula is C21H20N4O. The van der Waals surface area contributed by atoms with Gasteiger partial charge in [0.15, 0.2) is 0 Å². The van der Waals surface area contributed by atoms with Gasteiger partial charge in [0.1, 0.15) is 12.0 Å². The maximum absolute atomic E-state index is 11.6. The molecule has 0 saturated heterocycles. The summed E-state index contributed by atoms with van der Waals surface area (Å²) in [4.78, 5) is 23.9. The van der Waals surface area contributed by atoms with Crippen molar-refractivity contribution >= 4 is 22.5 Å². The van der Waals surface area contributed by atoms with Crippen molar-refractivity contribution in [3.63, 3.8) is 0 Å². The lowest BCUT2D eigenvalue weighted by atomic mass is 9.91. The largest absolute Gasteiger partial charge is 0.346 e. The first-order valence-corrected chi connectivity index (χ1v) is 8.78. The molecule has 5 heteroatoms. The van der Waals surface area contributed by atoms with Crippen LogP contribution in [0.4, 0.5) is 0 Å². The summed E-state index contributed by atoms with van der Waals surface area (Å²) < 4.78 is 0. The van der Waals surface area contributed by atoms with Gasteiger partial charge in [0.25, 0.3) is 0 Å². The van der Waals surface area contributed by atoms with E-state index >= 15 is 0 Å². The molecule has 0 aliphatic heterocycles. The Kier molecular flexibility index (Phi) is 4.35. The molecule has 1 unspecified atom stereocenters. The van der Waals surface area contributed by atoms with Crippen LogP contribution in [-0.2, 0) is 4.79 Å². The molecule has 4 rings (SSSR count). The first kappa shape index (κ1) is 16.3. The zero-order valence-corrected chi connectivity index (χ0v) is 14.4. The third kappa shape index (κ3) is 3.04. The molecule has 3 aromatic rings. The lowest BCUT2D eigenvalue weighted by molar-refractivity contribution is -0.116. The number of hydrogen-bond acceptors (Lipinski definition) is 3. The van der Waals surface area contributed by atoms with Gasteiger partial charge in [0, 0.05) is 17.8 Å². The molecule has 2 heterocycles. The molecule has 0 spiro atoms. The molecule has 5 nitrogen and oxygen atoms in total. The standard InChI is InChI=1S/C21H20N4O/c1-2-18(26)25-16-10-6-9-15(11-16)20-19-17(14-7-4-3-5-8-14)12-22-21(19)24-13-23-20/h2-5,7-8,11-13,16H,1,6,9-10H2,(H,25,26)(H,22,23,24). The summed E-state index contributed by atoms with van der Waals surface area (Å²) in [5.74, 6) is -0.146. The Balaban J connectivity index is 1.80. The maximum Gasteiger partial charge on any atom is 0.243 e. The maximum atomic E-state index is 11.6. The van der Waals surface area contributed by atoms with E-state index in [9.17, 15) is 4.79 Å². The van der Waals surface area contributed by atoms with Gasteiger partial charge in [-0.3, -0.25) is 4.79 Å². The third-order valence-electron chi connectivity index (χ3n) is 4.74. The fraction of sp³-hybridized carbons (Fsp3) is 0.190. The normalized spacial score (nSPS) is 16.9. The molecule has 0 radical (unpaired) electrons. The topological polar surface area (TPSA) is 70.7 Å². The van der Waals surface area contributed by atoms with Crippen LogP contribution in [0.2, 0.25) is 0 Å². The Labute approximate surface area is 151 Å². The van der Waals surface area contributed by atoms with E-state index in [2.05, 4.69) is 45.1 Å². The molecule has 1 amide bonds. The minimum absolute atomic E-state index is 0.00776. The van der Waals surface area contributed by atoms with E-state index in [1.807, 2.05) is 24.4 Å². The van der Waals surface area contributed by atoms with Crippen LogP contribution in [0.5, 0.6) is 0 Å². The Morgan fingerprint density at radius 1 is 1.27 bits per heavy atom. The number of amides is 1. The predicted octanol–water partition coefficient (Wildman–Crippen LogP) is 3.86. The highest BCUT2D eigenvalue weighted by Gasteiger charge is 2.20. The van der Waals surface area contributed by atoms with Gasteiger partial charge in [-0.25, -0.2) is 9.97 Å². The van der Waals surface area contributed by atoms with Crippen molar-refractivity contribution in [1.82, 2.24) is 20.3 Å². The molecule has 0 bridgehead atoms. The number of fused-ring (bicyclic) bond motifs is 1. The summed E-state index contributed by atoms with van der Waals surface area (Å²) in [6.45, 7) is 3.52. The Morgan fingerprint density at radius 3 is 2.92 bits per heavy atom. The van der Waals surface area contributed by atoms with Gasteiger partial charge in [-0.05, 0) is 36.5 Å². The SMILES string of the molecule is C=CC(=O)NC1C=C(c2ncnc3[nH]cc(-c4ccccc4)c23)CCC1. The van der Waals surface area contributed by atoms with Crippen molar-refractivity contribution in [2.45, 2.75) is 25.3 Å². The number of aromatic amines is 1. The molecule has 1 aliphatic carbocycles. The summed E-state index contributed by atoms with van der Waals surface area (Å²) in [6.07, 6.45) is 9.87. The molecule has 1 aliphatic rings. The summed E-state index contributed by atoms with van der Waals surface area (Å²) in [5.41, 5.74) is 5.13. The van der Waals surface area contributed by atoms with Crippen LogP contribution in [-0.4, -0.2) is 26.9 Å². The number of rotatable bonds is 4. The lowest BCUT2D eigenvalue weighted by Gasteiger charge is -2.22. The Hall–Kier alpha value is -3.21. The number of nitrogens with one attached hydrogen (secondary N) is 2. The van der Waals surface area contributed by atoms with Crippen molar-refractivity contribution < 1.29 is 4.79 Å². The van der Waals surface area contributed by atoms with Crippen LogP contribution in [0, 0.1) is 0 Å². The van der Waals surface area contributed by atoms with Gasteiger partial charge < -0.3 is 10.3 Å². The van der Waals surface area contributed by atoms with Gasteiger partial charge >= 0.3 is 0 Å². The van der Waals surface area contributed by atoms with Gasteiger partial charge in [0.2, 0.25) is 5.91 Å². The molecule has 2 N–H and O–H groups in total. The lowest BCUT2D eigenvalue weighted by Crippen LogP contribution is -2.33. The average Bonchev–Trinajstić information content (AvgIpc) is 3.13. The predicted molar refractivity (Wildman–Crippen MR) is 103 cm³/mol. The van der Waals surface area contributed by atoms with Gasteiger partial charge in [0.05, 0.1) is 11.1 Å². The first-order valence-electron chi connectivity index (χ1n) is 8.78. The van der Waals surface area contributed by atoms with Crippen LogP contribution in [0.25, 0.3) is 27.7 Å². The van der Waals surface area contributed by atoms with Gasteiger partial charge in [-0.1, -0.05) is 43.0 Å². The summed E-state index contributed by atoms with van der Waals surface area (Å²) in [6, 6.07) is 10.2. The van der Waals surface area contributed by atoms with Crippen molar-refractivity contribution in [3.05, 3.63) is 67.3 Å². The van der Waals surface area contributed by atoms with E-state index in [-0.39, 0.29) is 11.9 Å². The van der Waals surface area contributed by atoms with Crippen LogP contribution in [0.1, 0.15) is 25.0 Å². The zero-order chi connectivity index (χ0) is 17.9. The highest BCUT2D eigenvalue weighted by atomic mass is 16.1. The molecular weight excluding hydrogens is 324 g/mol. The van der Waals surface area contributed by atoms with E-state index in [1.165, 1.54) is 6.08 Å². The highest BCUT2D eigenvalue weighted by molar-refractivity contribution is 6.00. The van der Waals surface area contributed by atoms with Crippen molar-refractivity contribution in [2.24, 2.45) is 0 Å². The minimum Gasteiger partial charge on any atom is -0.346 e. The Morgan fingerprint density at radius 2 is 2.12 bits per heavy atom. The zero-order valence-electron chi connectivity index (χ0n) is 14.4. The van der Waals surface area contributed by atoms with E-state index in [4.69, 9.17) is 0 Å². The second kappa shape index (κ2) is 6.96. The fourth-order valence-corrected chi connectivity index (χ4v) is 3.53. The molecule has 2 aromatic heterocycles. The van der Waals surface area contributed by atoms with Gasteiger partial charge in [-0.15, -0.1) is 0 Å². The second-order valence-corrected chi connectivity index (χ2v) is 6.42. The summed E-state index contributed by atoms with van der Waals surface area (Å²) >= 11 is 0. The minimum atomic E-state index is -0.146. The summed E-state index contributed by atoms with van der Waals surface area (Å²) in [7, 11) is 0. The molecule has 0 saturated carbocycles. The number of aromatic nitrogens is 3. The number of H-pyrrole nitrogens is 1. The molecule has 0 fully saturated rings. The third-order valence-corrected chi connectivity index (χ3v) is 4.74. The number of carbonyl (C=O) groups excluding carboxylic acids is 1. The molecule has 26 heavy (non-hydrogen) atoms. The number of benzene rings is 1. The van der Waals surface area contributed by atoms with Crippen LogP contribution < -0.4 is 5.32 Å². The monoisotopic (exact) mass is 344 g/mol. The van der Waals surface area contributed by atoms with E-state index in [1.54, 1.807) is 6.33 Å². The molecule has 130 valence electrons. The van der Waals surface area contributed by atoms with Crippen molar-refractivity contribution in [3.8, 4) is 11.1 Å². The van der Waals surface area contributed by atoms with E-state index < -0.39 is 0 Å². The van der Waals surface area contributed by atoms with E-state index in [0.717, 1.165) is 52.7 Å². The smallest absolute Gasteiger partial charge is 0.243 e. The highest BCUT2D eigenvalue weighted by Crippen LogP contribution is 2.35. The number of nitrogens with zero attached hydrogens (tertiary/aromatic N) is 2. The van der Waals surface area contributed by atoms with Crippen molar-refractivity contribution in [1.29, 1.82) is 0 Å².